The van der Waals surface area contributed by atoms with Gasteiger partial charge in [-0.2, -0.15) is 5.10 Å². The number of morpholine rings is 1. The molecule has 1 aromatic heterocycles. The summed E-state index contributed by atoms with van der Waals surface area (Å²) < 4.78 is 7.30. The van der Waals surface area contributed by atoms with Crippen LogP contribution in [0.1, 0.15) is 36.7 Å². The highest BCUT2D eigenvalue weighted by Crippen LogP contribution is 2.26. The van der Waals surface area contributed by atoms with Crippen LogP contribution in [0.4, 0.5) is 0 Å². The van der Waals surface area contributed by atoms with Crippen LogP contribution >= 0.6 is 0 Å². The summed E-state index contributed by atoms with van der Waals surface area (Å²) in [6.07, 6.45) is 2.87. The van der Waals surface area contributed by atoms with E-state index >= 15 is 0 Å². The average molecular weight is 509 g/mol. The molecule has 0 saturated carbocycles. The maximum absolute atomic E-state index is 13.5. The van der Waals surface area contributed by atoms with Gasteiger partial charge in [0.1, 0.15) is 5.69 Å². The van der Waals surface area contributed by atoms with Gasteiger partial charge in [0.25, 0.3) is 5.91 Å². The van der Waals surface area contributed by atoms with Gasteiger partial charge in [0, 0.05) is 36.9 Å². The molecule has 38 heavy (non-hydrogen) atoms. The molecule has 196 valence electrons. The van der Waals surface area contributed by atoms with Crippen molar-refractivity contribution < 1.29 is 9.53 Å². The zero-order chi connectivity index (χ0) is 26.5. The van der Waals surface area contributed by atoms with Gasteiger partial charge in [0.15, 0.2) is 0 Å². The van der Waals surface area contributed by atoms with E-state index in [1.165, 1.54) is 11.1 Å². The highest BCUT2D eigenvalue weighted by Gasteiger charge is 2.29. The Morgan fingerprint density at radius 1 is 0.895 bits per heavy atom. The van der Waals surface area contributed by atoms with Crippen molar-refractivity contribution in [3.8, 4) is 28.1 Å². The predicted octanol–water partition coefficient (Wildman–Crippen LogP) is 5.61. The van der Waals surface area contributed by atoms with Crippen molar-refractivity contribution in [2.75, 3.05) is 32.8 Å². The lowest BCUT2D eigenvalue weighted by atomic mass is 10.0. The molecule has 0 aliphatic carbocycles. The zero-order valence-electron chi connectivity index (χ0n) is 22.5. The van der Waals surface area contributed by atoms with E-state index in [9.17, 15) is 4.79 Å². The van der Waals surface area contributed by atoms with E-state index in [1.807, 2.05) is 48.7 Å². The minimum atomic E-state index is -0.173. The van der Waals surface area contributed by atoms with Gasteiger partial charge in [-0.3, -0.25) is 9.69 Å². The standard InChI is InChI=1S/C32H36N4O2/c1-4-24-10-12-25(13-11-24)26-14-16-28(17-15-26)36-22-29(30(34-36)27-8-6-5-7-9-27)31(37)33-23-32(2,3)35-18-20-38-21-19-35/h5-17,22H,4,18-21,23H2,1-3H3,(H,33,37). The Morgan fingerprint density at radius 3 is 2.16 bits per heavy atom. The lowest BCUT2D eigenvalue weighted by molar-refractivity contribution is -0.00923. The fraction of sp³-hybridized carbons (Fsp3) is 0.312. The fourth-order valence-corrected chi connectivity index (χ4v) is 4.89. The number of benzene rings is 3. The van der Waals surface area contributed by atoms with E-state index in [2.05, 4.69) is 67.4 Å². The molecular weight excluding hydrogens is 472 g/mol. The van der Waals surface area contributed by atoms with Gasteiger partial charge in [-0.05, 0) is 49.1 Å². The summed E-state index contributed by atoms with van der Waals surface area (Å²) >= 11 is 0. The van der Waals surface area contributed by atoms with Crippen LogP contribution in [-0.4, -0.2) is 59.0 Å². The maximum Gasteiger partial charge on any atom is 0.255 e. The molecule has 1 fully saturated rings. The fourth-order valence-electron chi connectivity index (χ4n) is 4.89. The second-order valence-corrected chi connectivity index (χ2v) is 10.4. The van der Waals surface area contributed by atoms with Crippen molar-refractivity contribution >= 4 is 5.91 Å². The number of aromatic nitrogens is 2. The molecule has 5 rings (SSSR count). The number of rotatable bonds is 8. The molecule has 2 heterocycles. The zero-order valence-corrected chi connectivity index (χ0v) is 22.5. The summed E-state index contributed by atoms with van der Waals surface area (Å²) in [6, 6.07) is 26.9. The van der Waals surface area contributed by atoms with Gasteiger partial charge < -0.3 is 10.1 Å². The van der Waals surface area contributed by atoms with Crippen molar-refractivity contribution in [2.24, 2.45) is 0 Å². The quantitative estimate of drug-likeness (QED) is 0.336. The van der Waals surface area contributed by atoms with Gasteiger partial charge in [-0.1, -0.05) is 73.7 Å². The number of carbonyl (C=O) groups is 1. The number of hydrogen-bond acceptors (Lipinski definition) is 4. The molecule has 0 spiro atoms. The van der Waals surface area contributed by atoms with E-state index < -0.39 is 0 Å². The summed E-state index contributed by atoms with van der Waals surface area (Å²) in [4.78, 5) is 15.9. The first-order valence-corrected chi connectivity index (χ1v) is 13.4. The smallest absolute Gasteiger partial charge is 0.255 e. The van der Waals surface area contributed by atoms with Gasteiger partial charge >= 0.3 is 0 Å². The Morgan fingerprint density at radius 2 is 1.53 bits per heavy atom. The molecule has 1 N–H and O–H groups in total. The molecular formula is C32H36N4O2. The summed E-state index contributed by atoms with van der Waals surface area (Å²) in [7, 11) is 0. The van der Waals surface area contributed by atoms with Crippen molar-refractivity contribution in [3.05, 3.63) is 96.2 Å². The van der Waals surface area contributed by atoms with Crippen LogP contribution in [0.15, 0.2) is 85.1 Å². The number of carbonyl (C=O) groups excluding carboxylic acids is 1. The van der Waals surface area contributed by atoms with Crippen molar-refractivity contribution in [2.45, 2.75) is 32.7 Å². The van der Waals surface area contributed by atoms with Gasteiger partial charge in [0.2, 0.25) is 0 Å². The highest BCUT2D eigenvalue weighted by molar-refractivity contribution is 6.00. The van der Waals surface area contributed by atoms with Crippen LogP contribution in [0, 0.1) is 0 Å². The number of nitrogens with zero attached hydrogens (tertiary/aromatic N) is 3. The molecule has 1 aliphatic heterocycles. The lowest BCUT2D eigenvalue weighted by Crippen LogP contribution is -2.55. The van der Waals surface area contributed by atoms with Crippen molar-refractivity contribution in [1.82, 2.24) is 20.0 Å². The third-order valence-corrected chi connectivity index (χ3v) is 7.38. The van der Waals surface area contributed by atoms with Crippen LogP contribution < -0.4 is 5.32 Å². The van der Waals surface area contributed by atoms with Crippen LogP contribution in [-0.2, 0) is 11.2 Å². The number of nitrogens with one attached hydrogen (secondary N) is 1. The number of ether oxygens (including phenoxy) is 1. The molecule has 6 heteroatoms. The summed E-state index contributed by atoms with van der Waals surface area (Å²) in [5, 5.41) is 8.04. The summed E-state index contributed by atoms with van der Waals surface area (Å²) in [5.41, 5.74) is 6.54. The van der Waals surface area contributed by atoms with Crippen LogP contribution in [0.5, 0.6) is 0 Å². The average Bonchev–Trinajstić information content (AvgIpc) is 3.43. The minimum absolute atomic E-state index is 0.121. The Hall–Kier alpha value is -3.74. The van der Waals surface area contributed by atoms with Gasteiger partial charge in [-0.15, -0.1) is 0 Å². The van der Waals surface area contributed by atoms with Gasteiger partial charge in [0.05, 0.1) is 24.5 Å². The van der Waals surface area contributed by atoms with Crippen LogP contribution in [0.2, 0.25) is 0 Å². The van der Waals surface area contributed by atoms with E-state index in [4.69, 9.17) is 9.84 Å². The van der Waals surface area contributed by atoms with Gasteiger partial charge in [-0.25, -0.2) is 4.68 Å². The monoisotopic (exact) mass is 508 g/mol. The summed E-state index contributed by atoms with van der Waals surface area (Å²) in [6.45, 7) is 10.2. The molecule has 0 radical (unpaired) electrons. The highest BCUT2D eigenvalue weighted by atomic mass is 16.5. The maximum atomic E-state index is 13.5. The van der Waals surface area contributed by atoms with E-state index in [1.54, 1.807) is 4.68 Å². The molecule has 4 aromatic rings. The third kappa shape index (κ3) is 5.72. The Balaban J connectivity index is 1.39. The van der Waals surface area contributed by atoms with Crippen molar-refractivity contribution in [3.63, 3.8) is 0 Å². The summed E-state index contributed by atoms with van der Waals surface area (Å²) in [5.74, 6) is -0.121. The topological polar surface area (TPSA) is 59.4 Å². The molecule has 1 aliphatic rings. The third-order valence-electron chi connectivity index (χ3n) is 7.38. The van der Waals surface area contributed by atoms with E-state index in [0.717, 1.165) is 49.5 Å². The molecule has 6 nitrogen and oxygen atoms in total. The normalized spacial score (nSPS) is 14.4. The first kappa shape index (κ1) is 25.9. The Labute approximate surface area is 225 Å². The van der Waals surface area contributed by atoms with Crippen molar-refractivity contribution in [1.29, 1.82) is 0 Å². The second kappa shape index (κ2) is 11.3. The Bertz CT molecular complexity index is 1350. The SMILES string of the molecule is CCc1ccc(-c2ccc(-n3cc(C(=O)NCC(C)(C)N4CCOCC4)c(-c4ccccc4)n3)cc2)cc1. The molecule has 0 unspecified atom stereocenters. The number of aryl methyl sites for hydroxylation is 1. The number of amides is 1. The molecule has 0 atom stereocenters. The minimum Gasteiger partial charge on any atom is -0.379 e. The first-order chi connectivity index (χ1) is 18.4. The van der Waals surface area contributed by atoms with Crippen LogP contribution in [0.25, 0.3) is 28.1 Å². The predicted molar refractivity (Wildman–Crippen MR) is 153 cm³/mol. The van der Waals surface area contributed by atoms with Crippen LogP contribution in [0.3, 0.4) is 0 Å². The molecule has 1 amide bonds. The van der Waals surface area contributed by atoms with E-state index in [-0.39, 0.29) is 11.4 Å². The first-order valence-electron chi connectivity index (χ1n) is 13.4. The second-order valence-electron chi connectivity index (χ2n) is 10.4. The largest absolute Gasteiger partial charge is 0.379 e. The Kier molecular flexibility index (Phi) is 7.72. The number of hydrogen-bond donors (Lipinski definition) is 1. The lowest BCUT2D eigenvalue weighted by Gasteiger charge is -2.40. The molecule has 1 saturated heterocycles. The molecule has 0 bridgehead atoms. The molecule has 3 aromatic carbocycles. The van der Waals surface area contributed by atoms with E-state index in [0.29, 0.717) is 17.8 Å².